The van der Waals surface area contributed by atoms with Crippen molar-refractivity contribution in [2.45, 2.75) is 45.2 Å². The Kier molecular flexibility index (Phi) is 4.99. The topological polar surface area (TPSA) is 40.5 Å². The number of halogens is 1. The number of likely N-dealkylation sites (tertiary alicyclic amines) is 1. The van der Waals surface area contributed by atoms with Crippen molar-refractivity contribution in [2.24, 2.45) is 0 Å². The van der Waals surface area contributed by atoms with E-state index in [0.29, 0.717) is 6.54 Å². The van der Waals surface area contributed by atoms with Crippen LogP contribution in [0.25, 0.3) is 0 Å². The van der Waals surface area contributed by atoms with Crippen LogP contribution in [0.2, 0.25) is 0 Å². The van der Waals surface area contributed by atoms with Gasteiger partial charge >= 0.3 is 5.97 Å². The number of nitrogens with zero attached hydrogens (tertiary/aromatic N) is 1. The largest absolute Gasteiger partial charge is 0.480 e. The summed E-state index contributed by atoms with van der Waals surface area (Å²) in [7, 11) is 0. The zero-order chi connectivity index (χ0) is 13.8. The van der Waals surface area contributed by atoms with Crippen molar-refractivity contribution in [1.82, 2.24) is 4.90 Å². The number of carboxylic acids is 1. The van der Waals surface area contributed by atoms with Gasteiger partial charge in [-0.25, -0.2) is 0 Å². The molecule has 0 aromatic heterocycles. The molecule has 0 aliphatic carbocycles. The van der Waals surface area contributed by atoms with Crippen LogP contribution in [0.1, 0.15) is 36.8 Å². The highest BCUT2D eigenvalue weighted by Gasteiger charge is 2.27. The van der Waals surface area contributed by atoms with Gasteiger partial charge in [-0.1, -0.05) is 40.9 Å². The fraction of sp³-hybridized carbons (Fsp3) is 0.533. The van der Waals surface area contributed by atoms with E-state index in [1.54, 1.807) is 0 Å². The summed E-state index contributed by atoms with van der Waals surface area (Å²) in [5.41, 5.74) is 2.38. The number of carboxylic acid groups (broad SMARTS) is 1. The van der Waals surface area contributed by atoms with Crippen molar-refractivity contribution in [3.63, 3.8) is 0 Å². The lowest BCUT2D eigenvalue weighted by atomic mass is 10.1. The highest BCUT2D eigenvalue weighted by molar-refractivity contribution is 9.10. The maximum Gasteiger partial charge on any atom is 0.320 e. The Morgan fingerprint density at radius 2 is 2.21 bits per heavy atom. The number of benzene rings is 1. The third-order valence-corrected chi connectivity index (χ3v) is 4.47. The van der Waals surface area contributed by atoms with Gasteiger partial charge in [0.15, 0.2) is 0 Å². The van der Waals surface area contributed by atoms with Crippen molar-refractivity contribution >= 4 is 21.9 Å². The Hall–Kier alpha value is -0.870. The molecular formula is C15H20BrNO2. The van der Waals surface area contributed by atoms with Gasteiger partial charge in [0, 0.05) is 11.0 Å². The van der Waals surface area contributed by atoms with Gasteiger partial charge in [0.2, 0.25) is 0 Å². The second-order valence-corrected chi connectivity index (χ2v) is 6.12. The van der Waals surface area contributed by atoms with Crippen molar-refractivity contribution in [3.05, 3.63) is 33.8 Å². The Labute approximate surface area is 122 Å². The summed E-state index contributed by atoms with van der Waals surface area (Å²) < 4.78 is 1.07. The molecule has 1 atom stereocenters. The fourth-order valence-corrected chi connectivity index (χ4v) is 3.25. The predicted molar refractivity (Wildman–Crippen MR) is 79.2 cm³/mol. The molecule has 0 bridgehead atoms. The minimum atomic E-state index is -0.690. The van der Waals surface area contributed by atoms with Gasteiger partial charge in [-0.15, -0.1) is 0 Å². The van der Waals surface area contributed by atoms with E-state index in [4.69, 9.17) is 0 Å². The molecule has 2 rings (SSSR count). The highest BCUT2D eigenvalue weighted by atomic mass is 79.9. The second-order valence-electron chi connectivity index (χ2n) is 5.27. The van der Waals surface area contributed by atoms with E-state index in [-0.39, 0.29) is 6.04 Å². The molecule has 0 radical (unpaired) electrons. The third kappa shape index (κ3) is 3.80. The standard InChI is InChI=1S/C15H20BrNO2/c1-11-6-7-12(13(16)9-11)10-17-8-4-2-3-5-14(17)15(18)19/h6-7,9,14H,2-5,8,10H2,1H3,(H,18,19). The first-order valence-corrected chi connectivity index (χ1v) is 7.59. The van der Waals surface area contributed by atoms with Crippen LogP contribution in [0.5, 0.6) is 0 Å². The fourth-order valence-electron chi connectivity index (χ4n) is 2.64. The first kappa shape index (κ1) is 14.5. The molecule has 0 spiro atoms. The summed E-state index contributed by atoms with van der Waals surface area (Å²) in [5, 5.41) is 9.37. The highest BCUT2D eigenvalue weighted by Crippen LogP contribution is 2.24. The van der Waals surface area contributed by atoms with Gasteiger partial charge < -0.3 is 5.11 Å². The lowest BCUT2D eigenvalue weighted by molar-refractivity contribution is -0.143. The summed E-state index contributed by atoms with van der Waals surface area (Å²) in [4.78, 5) is 13.5. The number of carbonyl (C=O) groups is 1. The predicted octanol–water partition coefficient (Wildman–Crippen LogP) is 3.59. The van der Waals surface area contributed by atoms with Crippen LogP contribution < -0.4 is 0 Å². The quantitative estimate of drug-likeness (QED) is 0.923. The Bertz CT molecular complexity index is 461. The first-order chi connectivity index (χ1) is 9.08. The van der Waals surface area contributed by atoms with E-state index in [2.05, 4.69) is 46.0 Å². The summed E-state index contributed by atoms with van der Waals surface area (Å²) >= 11 is 3.58. The van der Waals surface area contributed by atoms with E-state index in [1.807, 2.05) is 0 Å². The van der Waals surface area contributed by atoms with Crippen LogP contribution in [0.15, 0.2) is 22.7 Å². The Morgan fingerprint density at radius 3 is 2.89 bits per heavy atom. The number of hydrogen-bond acceptors (Lipinski definition) is 2. The second kappa shape index (κ2) is 6.53. The van der Waals surface area contributed by atoms with Gasteiger partial charge in [-0.3, -0.25) is 9.69 Å². The summed E-state index contributed by atoms with van der Waals surface area (Å²) in [6, 6.07) is 5.91. The summed E-state index contributed by atoms with van der Waals surface area (Å²) in [6.07, 6.45) is 4.00. The number of rotatable bonds is 3. The van der Waals surface area contributed by atoms with Crippen molar-refractivity contribution in [2.75, 3.05) is 6.54 Å². The molecule has 0 amide bonds. The minimum Gasteiger partial charge on any atom is -0.480 e. The molecule has 19 heavy (non-hydrogen) atoms. The molecule has 1 aromatic carbocycles. The molecule has 1 N–H and O–H groups in total. The van der Waals surface area contributed by atoms with Gasteiger partial charge in [-0.05, 0) is 43.5 Å². The van der Waals surface area contributed by atoms with E-state index in [1.165, 1.54) is 11.1 Å². The van der Waals surface area contributed by atoms with Gasteiger partial charge in [0.05, 0.1) is 0 Å². The van der Waals surface area contributed by atoms with E-state index >= 15 is 0 Å². The maximum atomic E-state index is 11.4. The molecule has 1 unspecified atom stereocenters. The van der Waals surface area contributed by atoms with Gasteiger partial charge in [-0.2, -0.15) is 0 Å². The van der Waals surface area contributed by atoms with Gasteiger partial charge in [0.1, 0.15) is 6.04 Å². The van der Waals surface area contributed by atoms with Crippen LogP contribution in [0, 0.1) is 6.92 Å². The number of aryl methyl sites for hydroxylation is 1. The molecule has 1 fully saturated rings. The molecule has 3 nitrogen and oxygen atoms in total. The van der Waals surface area contributed by atoms with Crippen LogP contribution in [-0.4, -0.2) is 28.6 Å². The molecule has 4 heteroatoms. The van der Waals surface area contributed by atoms with Crippen molar-refractivity contribution < 1.29 is 9.90 Å². The van der Waals surface area contributed by atoms with E-state index in [0.717, 1.165) is 36.7 Å². The Balaban J connectivity index is 2.16. The van der Waals surface area contributed by atoms with E-state index in [9.17, 15) is 9.90 Å². The maximum absolute atomic E-state index is 11.4. The Morgan fingerprint density at radius 1 is 1.42 bits per heavy atom. The zero-order valence-corrected chi connectivity index (χ0v) is 12.8. The third-order valence-electron chi connectivity index (χ3n) is 3.73. The minimum absolute atomic E-state index is 0.337. The molecule has 1 aliphatic heterocycles. The van der Waals surface area contributed by atoms with Gasteiger partial charge in [0.25, 0.3) is 0 Å². The molecule has 104 valence electrons. The zero-order valence-electron chi connectivity index (χ0n) is 11.2. The lowest BCUT2D eigenvalue weighted by Crippen LogP contribution is -2.40. The molecule has 1 heterocycles. The van der Waals surface area contributed by atoms with Crippen LogP contribution in [0.3, 0.4) is 0 Å². The summed E-state index contributed by atoms with van der Waals surface area (Å²) in [5.74, 6) is -0.690. The molecule has 1 saturated heterocycles. The molecule has 1 aliphatic rings. The van der Waals surface area contributed by atoms with Crippen molar-refractivity contribution in [3.8, 4) is 0 Å². The van der Waals surface area contributed by atoms with Crippen LogP contribution >= 0.6 is 15.9 Å². The molecule has 0 saturated carbocycles. The smallest absolute Gasteiger partial charge is 0.320 e. The van der Waals surface area contributed by atoms with E-state index < -0.39 is 5.97 Å². The first-order valence-electron chi connectivity index (χ1n) is 6.80. The average Bonchev–Trinajstić information content (AvgIpc) is 2.58. The monoisotopic (exact) mass is 325 g/mol. The van der Waals surface area contributed by atoms with Crippen LogP contribution in [0.4, 0.5) is 0 Å². The van der Waals surface area contributed by atoms with Crippen LogP contribution in [-0.2, 0) is 11.3 Å². The average molecular weight is 326 g/mol. The number of aliphatic carboxylic acids is 1. The lowest BCUT2D eigenvalue weighted by Gasteiger charge is -2.27. The molecule has 1 aromatic rings. The summed E-state index contributed by atoms with van der Waals surface area (Å²) in [6.45, 7) is 3.63. The molecular weight excluding hydrogens is 306 g/mol. The normalized spacial score (nSPS) is 21.1. The SMILES string of the molecule is Cc1ccc(CN2CCCCCC2C(=O)O)c(Br)c1. The number of hydrogen-bond donors (Lipinski definition) is 1. The van der Waals surface area contributed by atoms with Crippen molar-refractivity contribution in [1.29, 1.82) is 0 Å².